The average molecular weight is 526 g/mol. The topological polar surface area (TPSA) is 110 Å². The molecule has 0 unspecified atom stereocenters. The molecule has 2 aliphatic heterocycles. The van der Waals surface area contributed by atoms with Crippen LogP contribution in [0.4, 0.5) is 17.3 Å². The molecule has 0 spiro atoms. The van der Waals surface area contributed by atoms with E-state index in [9.17, 15) is 9.90 Å². The molecule has 3 N–H and O–H groups in total. The number of β-amino-alcohol motifs (C(OH)–C–C–N with tert-alkyl or cyclic N) is 1. The fraction of sp³-hybridized carbons (Fsp3) is 0.276. The number of amides is 1. The first-order chi connectivity index (χ1) is 19.2. The molecule has 4 heterocycles. The van der Waals surface area contributed by atoms with Gasteiger partial charge in [-0.1, -0.05) is 24.3 Å². The molecule has 0 saturated carbocycles. The third kappa shape index (κ3) is 5.57. The lowest BCUT2D eigenvalue weighted by Crippen LogP contribution is -2.47. The van der Waals surface area contributed by atoms with Crippen LogP contribution in [0.5, 0.6) is 11.5 Å². The maximum atomic E-state index is 13.1. The lowest BCUT2D eigenvalue weighted by atomic mass is 10.2. The number of H-pyrrole nitrogens is 1. The summed E-state index contributed by atoms with van der Waals surface area (Å²) in [7, 11) is 0. The number of piperazine rings is 1. The van der Waals surface area contributed by atoms with E-state index in [1.807, 2.05) is 48.7 Å². The van der Waals surface area contributed by atoms with Gasteiger partial charge >= 0.3 is 0 Å². The molecule has 0 radical (unpaired) electrons. The molecule has 1 amide bonds. The standard InChI is InChI=1S/C29H31N7O3/c37-16-15-34-11-13-35(14-12-34)27-18-22(9-10-30-27)36-19-25-26(20-36)32-33-28(25)31-29(38)21-5-4-8-24(17-21)39-23-6-2-1-3-7-23/h1-10,17-18,37H,11-16,19-20H2,(H2,31,32,33,38). The molecule has 2 aromatic carbocycles. The minimum atomic E-state index is -0.243. The number of hydrogen-bond acceptors (Lipinski definition) is 8. The van der Waals surface area contributed by atoms with Crippen LogP contribution in [0.3, 0.4) is 0 Å². The number of nitrogens with one attached hydrogen (secondary N) is 2. The predicted molar refractivity (Wildman–Crippen MR) is 149 cm³/mol. The maximum Gasteiger partial charge on any atom is 0.257 e. The highest BCUT2D eigenvalue weighted by molar-refractivity contribution is 6.04. The molecule has 1 saturated heterocycles. The number of rotatable bonds is 8. The second kappa shape index (κ2) is 11.1. The number of ether oxygens (including phenoxy) is 1. The van der Waals surface area contributed by atoms with Gasteiger partial charge in [0.1, 0.15) is 17.3 Å². The minimum Gasteiger partial charge on any atom is -0.457 e. The highest BCUT2D eigenvalue weighted by Crippen LogP contribution is 2.33. The predicted octanol–water partition coefficient (Wildman–Crippen LogP) is 3.48. The lowest BCUT2D eigenvalue weighted by molar-refractivity contribution is 0.102. The molecule has 200 valence electrons. The van der Waals surface area contributed by atoms with Crippen molar-refractivity contribution in [1.82, 2.24) is 20.1 Å². The van der Waals surface area contributed by atoms with Crippen LogP contribution in [0.25, 0.3) is 0 Å². The van der Waals surface area contributed by atoms with Gasteiger partial charge in [0.05, 0.1) is 18.8 Å². The summed E-state index contributed by atoms with van der Waals surface area (Å²) in [5, 5.41) is 19.6. The molecule has 2 aliphatic rings. The van der Waals surface area contributed by atoms with Gasteiger partial charge in [0.25, 0.3) is 5.91 Å². The number of fused-ring (bicyclic) bond motifs is 1. The van der Waals surface area contributed by atoms with Crippen LogP contribution in [-0.2, 0) is 13.1 Å². The molecule has 0 atom stereocenters. The largest absolute Gasteiger partial charge is 0.457 e. The Hall–Kier alpha value is -4.41. The van der Waals surface area contributed by atoms with Gasteiger partial charge in [0, 0.05) is 68.3 Å². The Balaban J connectivity index is 1.11. The van der Waals surface area contributed by atoms with E-state index in [0.29, 0.717) is 42.5 Å². The number of aliphatic hydroxyl groups excluding tert-OH is 1. The lowest BCUT2D eigenvalue weighted by Gasteiger charge is -2.35. The average Bonchev–Trinajstić information content (AvgIpc) is 3.56. The normalized spacial score (nSPS) is 15.3. The van der Waals surface area contributed by atoms with Gasteiger partial charge in [-0.25, -0.2) is 4.98 Å². The summed E-state index contributed by atoms with van der Waals surface area (Å²) >= 11 is 0. The van der Waals surface area contributed by atoms with Crippen LogP contribution >= 0.6 is 0 Å². The zero-order chi connectivity index (χ0) is 26.6. The van der Waals surface area contributed by atoms with Crippen LogP contribution in [0.1, 0.15) is 21.6 Å². The van der Waals surface area contributed by atoms with Gasteiger partial charge in [0.15, 0.2) is 5.82 Å². The summed E-state index contributed by atoms with van der Waals surface area (Å²) in [5.74, 6) is 2.56. The van der Waals surface area contributed by atoms with Crippen molar-refractivity contribution in [1.29, 1.82) is 0 Å². The van der Waals surface area contributed by atoms with Gasteiger partial charge in [-0.05, 0) is 36.4 Å². The molecule has 0 aliphatic carbocycles. The summed E-state index contributed by atoms with van der Waals surface area (Å²) in [6.45, 7) is 5.80. The van der Waals surface area contributed by atoms with E-state index in [2.05, 4.69) is 41.3 Å². The SMILES string of the molecule is O=C(Nc1n[nH]c2c1CN(c1ccnc(N3CCN(CCO)CC3)c1)C2)c1cccc(Oc2ccccc2)c1. The number of carbonyl (C=O) groups excluding carboxylic acids is 1. The van der Waals surface area contributed by atoms with E-state index >= 15 is 0 Å². The Morgan fingerprint density at radius 2 is 1.77 bits per heavy atom. The molecular formula is C29H31N7O3. The highest BCUT2D eigenvalue weighted by Gasteiger charge is 2.27. The number of hydrogen-bond donors (Lipinski definition) is 3. The summed E-state index contributed by atoms with van der Waals surface area (Å²) in [6, 6.07) is 20.7. The van der Waals surface area contributed by atoms with E-state index in [0.717, 1.165) is 48.9 Å². The van der Waals surface area contributed by atoms with Gasteiger partial charge in [-0.3, -0.25) is 14.8 Å². The molecule has 0 bridgehead atoms. The smallest absolute Gasteiger partial charge is 0.257 e. The molecule has 6 rings (SSSR count). The van der Waals surface area contributed by atoms with Crippen LogP contribution in [-0.4, -0.2) is 70.4 Å². The Morgan fingerprint density at radius 3 is 2.59 bits per heavy atom. The Bertz CT molecular complexity index is 1430. The number of anilines is 3. The molecular weight excluding hydrogens is 494 g/mol. The zero-order valence-electron chi connectivity index (χ0n) is 21.6. The van der Waals surface area contributed by atoms with Crippen molar-refractivity contribution in [3.63, 3.8) is 0 Å². The number of carbonyl (C=O) groups is 1. The number of benzene rings is 2. The molecule has 10 nitrogen and oxygen atoms in total. The first kappa shape index (κ1) is 24.9. The van der Waals surface area contributed by atoms with E-state index in [1.165, 1.54) is 0 Å². The van der Waals surface area contributed by atoms with E-state index in [-0.39, 0.29) is 12.5 Å². The van der Waals surface area contributed by atoms with Crippen molar-refractivity contribution in [2.24, 2.45) is 0 Å². The van der Waals surface area contributed by atoms with Crippen LogP contribution < -0.4 is 19.9 Å². The van der Waals surface area contributed by atoms with Gasteiger partial charge in [-0.15, -0.1) is 0 Å². The number of pyridine rings is 1. The van der Waals surface area contributed by atoms with Gasteiger partial charge < -0.3 is 25.0 Å². The van der Waals surface area contributed by atoms with Crippen molar-refractivity contribution in [2.45, 2.75) is 13.1 Å². The van der Waals surface area contributed by atoms with E-state index in [1.54, 1.807) is 18.2 Å². The van der Waals surface area contributed by atoms with E-state index < -0.39 is 0 Å². The first-order valence-corrected chi connectivity index (χ1v) is 13.2. The van der Waals surface area contributed by atoms with Crippen molar-refractivity contribution in [3.8, 4) is 11.5 Å². The first-order valence-electron chi connectivity index (χ1n) is 13.2. The molecule has 2 aromatic heterocycles. The molecule has 39 heavy (non-hydrogen) atoms. The Labute approximate surface area is 226 Å². The van der Waals surface area contributed by atoms with Crippen LogP contribution in [0, 0.1) is 0 Å². The fourth-order valence-electron chi connectivity index (χ4n) is 5.05. The van der Waals surface area contributed by atoms with Crippen LogP contribution in [0.2, 0.25) is 0 Å². The summed E-state index contributed by atoms with van der Waals surface area (Å²) in [6.07, 6.45) is 1.85. The zero-order valence-corrected chi connectivity index (χ0v) is 21.6. The highest BCUT2D eigenvalue weighted by atomic mass is 16.5. The number of nitrogens with zero attached hydrogens (tertiary/aromatic N) is 5. The van der Waals surface area contributed by atoms with Crippen molar-refractivity contribution in [3.05, 3.63) is 89.7 Å². The molecule has 10 heteroatoms. The Kier molecular flexibility index (Phi) is 7.11. The number of para-hydroxylation sites is 1. The second-order valence-electron chi connectivity index (χ2n) is 9.71. The number of aromatic nitrogens is 3. The second-order valence-corrected chi connectivity index (χ2v) is 9.71. The van der Waals surface area contributed by atoms with Crippen molar-refractivity contribution < 1.29 is 14.6 Å². The van der Waals surface area contributed by atoms with Gasteiger partial charge in [-0.2, -0.15) is 5.10 Å². The Morgan fingerprint density at radius 1 is 0.949 bits per heavy atom. The minimum absolute atomic E-state index is 0.190. The molecule has 4 aromatic rings. The third-order valence-electron chi connectivity index (χ3n) is 7.16. The summed E-state index contributed by atoms with van der Waals surface area (Å²) < 4.78 is 5.88. The van der Waals surface area contributed by atoms with Crippen molar-refractivity contribution >= 4 is 23.2 Å². The van der Waals surface area contributed by atoms with E-state index in [4.69, 9.17) is 4.74 Å². The summed E-state index contributed by atoms with van der Waals surface area (Å²) in [5.41, 5.74) is 3.54. The number of aromatic amines is 1. The van der Waals surface area contributed by atoms with Gasteiger partial charge in [0.2, 0.25) is 0 Å². The fourth-order valence-corrected chi connectivity index (χ4v) is 5.05. The quantitative estimate of drug-likeness (QED) is 0.321. The number of aliphatic hydroxyl groups is 1. The van der Waals surface area contributed by atoms with Crippen molar-refractivity contribution in [2.75, 3.05) is 54.4 Å². The maximum absolute atomic E-state index is 13.1. The van der Waals surface area contributed by atoms with Crippen LogP contribution in [0.15, 0.2) is 72.9 Å². The summed E-state index contributed by atoms with van der Waals surface area (Å²) in [4.78, 5) is 24.5. The third-order valence-corrected chi connectivity index (χ3v) is 7.16. The monoisotopic (exact) mass is 525 g/mol. The molecule has 1 fully saturated rings.